The molecular formula is C20H16F2N4O2. The maximum atomic E-state index is 13.8. The average Bonchev–Trinajstić information content (AvgIpc) is 3.34. The van der Waals surface area contributed by atoms with Crippen molar-refractivity contribution in [3.05, 3.63) is 71.6 Å². The Labute approximate surface area is 158 Å². The second kappa shape index (κ2) is 7.22. The Balaban J connectivity index is 1.44. The lowest BCUT2D eigenvalue weighted by Gasteiger charge is -2.16. The fraction of sp³-hybridized carbons (Fsp3) is 0.150. The molecule has 4 rings (SSSR count). The second-order valence-electron chi connectivity index (χ2n) is 6.39. The van der Waals surface area contributed by atoms with Crippen LogP contribution < -0.4 is 0 Å². The molecule has 6 nitrogen and oxygen atoms in total. The van der Waals surface area contributed by atoms with Crippen LogP contribution in [0, 0.1) is 11.6 Å². The number of fused-ring (bicyclic) bond motifs is 1. The fourth-order valence-corrected chi connectivity index (χ4v) is 2.89. The quantitative estimate of drug-likeness (QED) is 0.570. The Morgan fingerprint density at radius 3 is 2.82 bits per heavy atom. The molecule has 28 heavy (non-hydrogen) atoms. The first-order valence-electron chi connectivity index (χ1n) is 8.62. The van der Waals surface area contributed by atoms with Crippen molar-refractivity contribution in [1.82, 2.24) is 20.0 Å². The maximum absolute atomic E-state index is 13.8. The molecule has 0 radical (unpaired) electrons. The van der Waals surface area contributed by atoms with E-state index < -0.39 is 17.5 Å². The number of hydrogen-bond acceptors (Lipinski definition) is 4. The van der Waals surface area contributed by atoms with Gasteiger partial charge in [-0.15, -0.1) is 0 Å². The van der Waals surface area contributed by atoms with E-state index in [4.69, 9.17) is 4.52 Å². The third kappa shape index (κ3) is 3.48. The summed E-state index contributed by atoms with van der Waals surface area (Å²) in [6.45, 7) is 0.223. The highest BCUT2D eigenvalue weighted by Crippen LogP contribution is 2.22. The van der Waals surface area contributed by atoms with Gasteiger partial charge in [-0.05, 0) is 30.3 Å². The molecular weight excluding hydrogens is 366 g/mol. The molecule has 0 spiro atoms. The number of nitrogens with zero attached hydrogens (tertiary/aromatic N) is 3. The van der Waals surface area contributed by atoms with E-state index in [-0.39, 0.29) is 12.1 Å². The van der Waals surface area contributed by atoms with Crippen molar-refractivity contribution in [2.24, 2.45) is 0 Å². The first kappa shape index (κ1) is 17.8. The van der Waals surface area contributed by atoms with Crippen LogP contribution >= 0.6 is 0 Å². The topological polar surface area (TPSA) is 75.0 Å². The molecule has 8 heteroatoms. The Kier molecular flexibility index (Phi) is 4.60. The van der Waals surface area contributed by atoms with Gasteiger partial charge in [0.2, 0.25) is 0 Å². The number of para-hydroxylation sites is 1. The van der Waals surface area contributed by atoms with Gasteiger partial charge in [0.15, 0.2) is 5.82 Å². The zero-order chi connectivity index (χ0) is 19.7. The van der Waals surface area contributed by atoms with E-state index in [1.54, 1.807) is 0 Å². The lowest BCUT2D eigenvalue weighted by molar-refractivity contribution is 0.0790. The highest BCUT2D eigenvalue weighted by atomic mass is 19.1. The van der Waals surface area contributed by atoms with Crippen molar-refractivity contribution < 1.29 is 18.1 Å². The van der Waals surface area contributed by atoms with Crippen molar-refractivity contribution in [3.8, 4) is 11.6 Å². The standard InChI is InChI=1S/C20H16F2N4O2/c1-26(20(27)14-11-13(21)6-7-15(14)22)9-8-18-24-19(28-25-18)17-10-12-4-2-3-5-16(12)23-17/h2-7,10-11,23H,8-9H2,1H3. The molecule has 0 aliphatic heterocycles. The number of benzene rings is 2. The van der Waals surface area contributed by atoms with Crippen LogP contribution in [-0.4, -0.2) is 39.5 Å². The normalized spacial score (nSPS) is 11.1. The number of halogens is 2. The van der Waals surface area contributed by atoms with Crippen LogP contribution in [0.15, 0.2) is 53.1 Å². The summed E-state index contributed by atoms with van der Waals surface area (Å²) in [4.78, 5) is 21.1. The summed E-state index contributed by atoms with van der Waals surface area (Å²) in [6, 6.07) is 12.5. The van der Waals surface area contributed by atoms with E-state index in [9.17, 15) is 13.6 Å². The first-order chi connectivity index (χ1) is 13.5. The summed E-state index contributed by atoms with van der Waals surface area (Å²) in [5.41, 5.74) is 1.35. The van der Waals surface area contributed by atoms with Crippen LogP contribution in [0.3, 0.4) is 0 Å². The lowest BCUT2D eigenvalue weighted by Crippen LogP contribution is -2.29. The number of nitrogens with one attached hydrogen (secondary N) is 1. The molecule has 142 valence electrons. The number of amides is 1. The molecule has 0 saturated heterocycles. The highest BCUT2D eigenvalue weighted by Gasteiger charge is 2.18. The van der Waals surface area contributed by atoms with E-state index >= 15 is 0 Å². The predicted octanol–water partition coefficient (Wildman–Crippen LogP) is 3.81. The minimum atomic E-state index is -0.765. The van der Waals surface area contributed by atoms with Crippen LogP contribution in [0.25, 0.3) is 22.5 Å². The maximum Gasteiger partial charge on any atom is 0.274 e. The molecule has 2 aromatic heterocycles. The van der Waals surface area contributed by atoms with Crippen LogP contribution in [0.2, 0.25) is 0 Å². The zero-order valence-electron chi connectivity index (χ0n) is 14.9. The molecule has 0 saturated carbocycles. The summed E-state index contributed by atoms with van der Waals surface area (Å²) >= 11 is 0. The Hall–Kier alpha value is -3.55. The van der Waals surface area contributed by atoms with E-state index in [1.807, 2.05) is 30.3 Å². The average molecular weight is 382 g/mol. The molecule has 2 aromatic carbocycles. The molecule has 0 aliphatic rings. The fourth-order valence-electron chi connectivity index (χ4n) is 2.89. The lowest BCUT2D eigenvalue weighted by atomic mass is 10.2. The van der Waals surface area contributed by atoms with Crippen molar-refractivity contribution in [2.45, 2.75) is 6.42 Å². The van der Waals surface area contributed by atoms with Crippen molar-refractivity contribution in [1.29, 1.82) is 0 Å². The van der Waals surface area contributed by atoms with Gasteiger partial charge in [0.05, 0.1) is 5.56 Å². The monoisotopic (exact) mass is 382 g/mol. The van der Waals surface area contributed by atoms with Crippen LogP contribution in [0.4, 0.5) is 8.78 Å². The third-order valence-electron chi connectivity index (χ3n) is 4.40. The van der Waals surface area contributed by atoms with E-state index in [0.29, 0.717) is 23.8 Å². The third-order valence-corrected chi connectivity index (χ3v) is 4.40. The van der Waals surface area contributed by atoms with E-state index in [2.05, 4.69) is 15.1 Å². The SMILES string of the molecule is CN(CCc1noc(-c2cc3ccccc3[nH]2)n1)C(=O)c1cc(F)ccc1F. The Morgan fingerprint density at radius 1 is 1.18 bits per heavy atom. The first-order valence-corrected chi connectivity index (χ1v) is 8.62. The van der Waals surface area contributed by atoms with Gasteiger partial charge < -0.3 is 14.4 Å². The van der Waals surface area contributed by atoms with Crippen LogP contribution in [-0.2, 0) is 6.42 Å². The van der Waals surface area contributed by atoms with E-state index in [0.717, 1.165) is 29.1 Å². The molecule has 0 atom stereocenters. The van der Waals surface area contributed by atoms with Gasteiger partial charge >= 0.3 is 0 Å². The van der Waals surface area contributed by atoms with E-state index in [1.165, 1.54) is 11.9 Å². The Bertz CT molecular complexity index is 1120. The smallest absolute Gasteiger partial charge is 0.274 e. The van der Waals surface area contributed by atoms with Crippen molar-refractivity contribution in [3.63, 3.8) is 0 Å². The molecule has 0 bridgehead atoms. The van der Waals surface area contributed by atoms with Gasteiger partial charge in [-0.2, -0.15) is 4.98 Å². The van der Waals surface area contributed by atoms with Gasteiger partial charge in [-0.1, -0.05) is 23.4 Å². The number of carbonyl (C=O) groups is 1. The Morgan fingerprint density at radius 2 is 2.00 bits per heavy atom. The van der Waals surface area contributed by atoms with Gasteiger partial charge in [-0.25, -0.2) is 8.78 Å². The number of aromatic nitrogens is 3. The van der Waals surface area contributed by atoms with Gasteiger partial charge in [-0.3, -0.25) is 4.79 Å². The van der Waals surface area contributed by atoms with Gasteiger partial charge in [0.25, 0.3) is 11.8 Å². The number of likely N-dealkylation sites (N-methyl/N-ethyl adjacent to an activating group) is 1. The van der Waals surface area contributed by atoms with Crippen LogP contribution in [0.5, 0.6) is 0 Å². The summed E-state index contributed by atoms with van der Waals surface area (Å²) < 4.78 is 32.3. The number of H-pyrrole nitrogens is 1. The summed E-state index contributed by atoms with van der Waals surface area (Å²) in [5.74, 6) is -1.29. The minimum Gasteiger partial charge on any atom is -0.351 e. The second-order valence-corrected chi connectivity index (χ2v) is 6.39. The largest absolute Gasteiger partial charge is 0.351 e. The molecule has 1 amide bonds. The summed E-state index contributed by atoms with van der Waals surface area (Å²) in [6.07, 6.45) is 0.308. The zero-order valence-corrected chi connectivity index (χ0v) is 14.9. The predicted molar refractivity (Wildman–Crippen MR) is 98.6 cm³/mol. The number of carbonyl (C=O) groups excluding carboxylic acids is 1. The number of rotatable bonds is 5. The number of aromatic amines is 1. The molecule has 0 fully saturated rings. The molecule has 2 heterocycles. The van der Waals surface area contributed by atoms with Crippen molar-refractivity contribution >= 4 is 16.8 Å². The molecule has 0 unspecified atom stereocenters. The minimum absolute atomic E-state index is 0.223. The summed E-state index contributed by atoms with van der Waals surface area (Å²) in [5, 5.41) is 4.95. The molecule has 1 N–H and O–H groups in total. The molecule has 4 aromatic rings. The van der Waals surface area contributed by atoms with Crippen LogP contribution in [0.1, 0.15) is 16.2 Å². The van der Waals surface area contributed by atoms with Gasteiger partial charge in [0.1, 0.15) is 17.3 Å². The number of hydrogen-bond donors (Lipinski definition) is 1. The molecule has 0 aliphatic carbocycles. The van der Waals surface area contributed by atoms with Gasteiger partial charge in [0, 0.05) is 30.9 Å². The summed E-state index contributed by atoms with van der Waals surface area (Å²) in [7, 11) is 1.51. The highest BCUT2D eigenvalue weighted by molar-refractivity contribution is 5.94. The van der Waals surface area contributed by atoms with Crippen molar-refractivity contribution in [2.75, 3.05) is 13.6 Å².